The van der Waals surface area contributed by atoms with Gasteiger partial charge in [0.2, 0.25) is 11.9 Å². The van der Waals surface area contributed by atoms with Gasteiger partial charge in [0, 0.05) is 38.6 Å². The molecule has 6 nitrogen and oxygen atoms in total. The lowest BCUT2D eigenvalue weighted by molar-refractivity contribution is -0.125. The third kappa shape index (κ3) is 6.18. The maximum atomic E-state index is 12.9. The van der Waals surface area contributed by atoms with Crippen LogP contribution in [0.25, 0.3) is 11.0 Å². The minimum absolute atomic E-state index is 0.0977. The number of anilines is 1. The van der Waals surface area contributed by atoms with E-state index in [1.165, 1.54) is 30.6 Å². The van der Waals surface area contributed by atoms with Gasteiger partial charge in [-0.25, -0.2) is 4.98 Å². The molecule has 0 bridgehead atoms. The minimum atomic E-state index is 0.0977. The lowest BCUT2D eigenvalue weighted by Crippen LogP contribution is -2.43. The number of imidazole rings is 1. The monoisotopic (exact) mass is 501 g/mol. The molecule has 2 aromatic carbocycles. The number of para-hydroxylation sites is 2. The van der Waals surface area contributed by atoms with Gasteiger partial charge >= 0.3 is 0 Å². The van der Waals surface area contributed by atoms with E-state index >= 15 is 0 Å². The number of nitrogens with zero attached hydrogens (tertiary/aromatic N) is 4. The van der Waals surface area contributed by atoms with Crippen LogP contribution < -0.4 is 10.2 Å². The summed E-state index contributed by atoms with van der Waals surface area (Å²) in [4.78, 5) is 22.9. The summed E-state index contributed by atoms with van der Waals surface area (Å²) in [7, 11) is 0. The number of nitrogens with one attached hydrogen (secondary N) is 1. The van der Waals surface area contributed by atoms with Gasteiger partial charge < -0.3 is 19.7 Å². The van der Waals surface area contributed by atoms with Crippen molar-refractivity contribution in [2.45, 2.75) is 53.0 Å². The van der Waals surface area contributed by atoms with Crippen molar-refractivity contribution < 1.29 is 4.79 Å². The second-order valence-corrected chi connectivity index (χ2v) is 11.5. The second-order valence-electron chi connectivity index (χ2n) is 11.5. The standard InChI is InChI=1S/C31H43N5O/c1-23-19-24(2)21-34(20-23)16-8-15-32-30(37)26-13-17-35(18-14-26)31-33-28-11-6-7-12-29(28)36(31)22-27-10-5-4-9-25(27)3/h4-7,9-12,23-24,26H,8,13-22H2,1-3H3,(H,32,37). The van der Waals surface area contributed by atoms with Crippen molar-refractivity contribution in [2.75, 3.05) is 44.2 Å². The highest BCUT2D eigenvalue weighted by molar-refractivity contribution is 5.80. The highest BCUT2D eigenvalue weighted by Crippen LogP contribution is 2.28. The predicted molar refractivity (Wildman–Crippen MR) is 152 cm³/mol. The van der Waals surface area contributed by atoms with Gasteiger partial charge in [-0.2, -0.15) is 0 Å². The van der Waals surface area contributed by atoms with Crippen LogP contribution in [0.1, 0.15) is 50.7 Å². The topological polar surface area (TPSA) is 53.4 Å². The molecule has 3 heterocycles. The van der Waals surface area contributed by atoms with Gasteiger partial charge in [-0.15, -0.1) is 0 Å². The zero-order valence-corrected chi connectivity index (χ0v) is 22.8. The van der Waals surface area contributed by atoms with E-state index in [0.29, 0.717) is 0 Å². The quantitative estimate of drug-likeness (QED) is 0.437. The Hall–Kier alpha value is -2.86. The largest absolute Gasteiger partial charge is 0.356 e. The van der Waals surface area contributed by atoms with E-state index < -0.39 is 0 Å². The molecule has 3 aromatic rings. The first kappa shape index (κ1) is 25.8. The molecule has 0 spiro atoms. The number of aryl methyl sites for hydroxylation is 1. The molecule has 2 unspecified atom stereocenters. The molecule has 2 fully saturated rings. The molecule has 1 aromatic heterocycles. The van der Waals surface area contributed by atoms with Crippen LogP contribution in [0, 0.1) is 24.7 Å². The van der Waals surface area contributed by atoms with Crippen LogP contribution in [0.5, 0.6) is 0 Å². The van der Waals surface area contributed by atoms with Crippen LogP contribution in [0.2, 0.25) is 0 Å². The molecule has 2 atom stereocenters. The number of likely N-dealkylation sites (tertiary alicyclic amines) is 1. The van der Waals surface area contributed by atoms with Crippen LogP contribution >= 0.6 is 0 Å². The summed E-state index contributed by atoms with van der Waals surface area (Å²) in [5.41, 5.74) is 4.81. The lowest BCUT2D eigenvalue weighted by atomic mass is 9.92. The number of aromatic nitrogens is 2. The molecule has 0 aliphatic carbocycles. The highest BCUT2D eigenvalue weighted by Gasteiger charge is 2.28. The Balaban J connectivity index is 1.16. The summed E-state index contributed by atoms with van der Waals surface area (Å²) in [5.74, 6) is 2.92. The summed E-state index contributed by atoms with van der Waals surface area (Å²) < 4.78 is 2.35. The molecular weight excluding hydrogens is 458 g/mol. The molecule has 6 heteroatoms. The summed E-state index contributed by atoms with van der Waals surface area (Å²) in [6, 6.07) is 17.0. The van der Waals surface area contributed by atoms with Crippen molar-refractivity contribution in [2.24, 2.45) is 17.8 Å². The van der Waals surface area contributed by atoms with Gasteiger partial charge in [0.05, 0.1) is 17.6 Å². The Morgan fingerprint density at radius 3 is 2.46 bits per heavy atom. The van der Waals surface area contributed by atoms with E-state index in [1.807, 2.05) is 0 Å². The van der Waals surface area contributed by atoms with E-state index in [9.17, 15) is 4.79 Å². The Morgan fingerprint density at radius 1 is 1.00 bits per heavy atom. The third-order valence-electron chi connectivity index (χ3n) is 8.27. The Morgan fingerprint density at radius 2 is 1.70 bits per heavy atom. The SMILES string of the molecule is Cc1ccccc1Cn1c(N2CCC(C(=O)NCCCN3CC(C)CC(C)C3)CC2)nc2ccccc21. The molecule has 1 amide bonds. The third-order valence-corrected chi connectivity index (χ3v) is 8.27. The number of carbonyl (C=O) groups excluding carboxylic acids is 1. The fourth-order valence-electron chi connectivity index (χ4n) is 6.39. The predicted octanol–water partition coefficient (Wildman–Crippen LogP) is 5.09. The number of hydrogen-bond acceptors (Lipinski definition) is 4. The number of fused-ring (bicyclic) bond motifs is 1. The molecule has 2 saturated heterocycles. The molecule has 0 radical (unpaired) electrons. The van der Waals surface area contributed by atoms with Crippen LogP contribution in [0.3, 0.4) is 0 Å². The lowest BCUT2D eigenvalue weighted by Gasteiger charge is -2.35. The van der Waals surface area contributed by atoms with Crippen molar-refractivity contribution in [1.82, 2.24) is 19.8 Å². The van der Waals surface area contributed by atoms with E-state index in [4.69, 9.17) is 4.98 Å². The molecule has 5 rings (SSSR count). The second kappa shape index (κ2) is 11.7. The first-order valence-electron chi connectivity index (χ1n) is 14.2. The number of carbonyl (C=O) groups is 1. The van der Waals surface area contributed by atoms with Gasteiger partial charge in [0.15, 0.2) is 0 Å². The van der Waals surface area contributed by atoms with Crippen LogP contribution in [-0.4, -0.2) is 59.6 Å². The van der Waals surface area contributed by atoms with Gasteiger partial charge in [0.1, 0.15) is 0 Å². The Labute approximate surface area is 222 Å². The van der Waals surface area contributed by atoms with E-state index in [2.05, 4.69) is 89.0 Å². The van der Waals surface area contributed by atoms with Crippen molar-refractivity contribution >= 4 is 22.9 Å². The molecule has 1 N–H and O–H groups in total. The van der Waals surface area contributed by atoms with Crippen molar-refractivity contribution in [3.8, 4) is 0 Å². The number of amides is 1. The maximum Gasteiger partial charge on any atom is 0.223 e. The normalized spacial score (nSPS) is 21.4. The summed E-state index contributed by atoms with van der Waals surface area (Å²) in [5, 5.41) is 3.24. The van der Waals surface area contributed by atoms with Crippen LogP contribution in [0.4, 0.5) is 5.95 Å². The first-order chi connectivity index (χ1) is 18.0. The number of piperidine rings is 2. The van der Waals surface area contributed by atoms with Crippen molar-refractivity contribution in [3.63, 3.8) is 0 Å². The van der Waals surface area contributed by atoms with Crippen molar-refractivity contribution in [3.05, 3.63) is 59.7 Å². The summed E-state index contributed by atoms with van der Waals surface area (Å²) in [6.45, 7) is 13.7. The van der Waals surface area contributed by atoms with Crippen LogP contribution in [0.15, 0.2) is 48.5 Å². The van der Waals surface area contributed by atoms with Gasteiger partial charge in [-0.05, 0) is 74.2 Å². The van der Waals surface area contributed by atoms with Gasteiger partial charge in [-0.1, -0.05) is 50.2 Å². The van der Waals surface area contributed by atoms with E-state index in [1.54, 1.807) is 0 Å². The molecule has 0 saturated carbocycles. The minimum Gasteiger partial charge on any atom is -0.356 e. The molecule has 37 heavy (non-hydrogen) atoms. The molecule has 198 valence electrons. The molecule has 2 aliphatic heterocycles. The highest BCUT2D eigenvalue weighted by atomic mass is 16.1. The fourth-order valence-corrected chi connectivity index (χ4v) is 6.39. The van der Waals surface area contributed by atoms with Gasteiger partial charge in [-0.3, -0.25) is 4.79 Å². The fraction of sp³-hybridized carbons (Fsp3) is 0.548. The first-order valence-corrected chi connectivity index (χ1v) is 14.2. The van der Waals surface area contributed by atoms with Crippen molar-refractivity contribution in [1.29, 1.82) is 0 Å². The summed E-state index contributed by atoms with van der Waals surface area (Å²) in [6.07, 6.45) is 4.13. The van der Waals surface area contributed by atoms with Gasteiger partial charge in [0.25, 0.3) is 0 Å². The molecule has 2 aliphatic rings. The Kier molecular flexibility index (Phi) is 8.14. The van der Waals surface area contributed by atoms with E-state index in [-0.39, 0.29) is 11.8 Å². The smallest absolute Gasteiger partial charge is 0.223 e. The number of hydrogen-bond donors (Lipinski definition) is 1. The number of benzene rings is 2. The maximum absolute atomic E-state index is 12.9. The molecular formula is C31H43N5O. The zero-order chi connectivity index (χ0) is 25.8. The zero-order valence-electron chi connectivity index (χ0n) is 22.8. The number of rotatable bonds is 8. The summed E-state index contributed by atoms with van der Waals surface area (Å²) >= 11 is 0. The average Bonchev–Trinajstić information content (AvgIpc) is 3.26. The Bertz CT molecular complexity index is 1190. The van der Waals surface area contributed by atoms with E-state index in [0.717, 1.165) is 80.8 Å². The average molecular weight is 502 g/mol. The van der Waals surface area contributed by atoms with Crippen LogP contribution in [-0.2, 0) is 11.3 Å².